The number of halogens is 2. The molecule has 0 aromatic heterocycles. The summed E-state index contributed by atoms with van der Waals surface area (Å²) in [4.78, 5) is 17.4. The standard InChI is InChI=1S/C16H12ClFN2O2/c1-20-13-7-6-9(17)8-11(13)14(19-15(21)16(20)22)10-4-2-3-5-12(10)18/h2-8,15,21H,1H3/t15-/m1/s1. The van der Waals surface area contributed by atoms with Crippen LogP contribution in [0.3, 0.4) is 0 Å². The largest absolute Gasteiger partial charge is 0.364 e. The molecule has 6 heteroatoms. The average molecular weight is 319 g/mol. The third-order valence-corrected chi connectivity index (χ3v) is 3.74. The Morgan fingerprint density at radius 3 is 2.68 bits per heavy atom. The Labute approximate surface area is 131 Å². The minimum Gasteiger partial charge on any atom is -0.364 e. The van der Waals surface area contributed by atoms with Crippen LogP contribution in [0, 0.1) is 5.82 Å². The van der Waals surface area contributed by atoms with Crippen LogP contribution < -0.4 is 4.90 Å². The first-order valence-corrected chi connectivity index (χ1v) is 6.95. The molecule has 0 radical (unpaired) electrons. The second kappa shape index (κ2) is 5.51. The summed E-state index contributed by atoms with van der Waals surface area (Å²) in [7, 11) is 1.53. The van der Waals surface area contributed by atoms with Gasteiger partial charge in [0.1, 0.15) is 5.82 Å². The lowest BCUT2D eigenvalue weighted by atomic mass is 10.00. The SMILES string of the molecule is CN1C(=O)[C@@H](O)N=C(c2ccccc2F)c2cc(Cl)ccc21. The molecular formula is C16H12ClFN2O2. The van der Waals surface area contributed by atoms with Crippen molar-refractivity contribution in [1.82, 2.24) is 0 Å². The molecule has 1 atom stereocenters. The number of nitrogens with zero attached hydrogens (tertiary/aromatic N) is 2. The number of anilines is 1. The lowest BCUT2D eigenvalue weighted by Crippen LogP contribution is -2.34. The monoisotopic (exact) mass is 318 g/mol. The van der Waals surface area contributed by atoms with Gasteiger partial charge in [0, 0.05) is 23.2 Å². The average Bonchev–Trinajstić information content (AvgIpc) is 2.59. The molecule has 3 rings (SSSR count). The van der Waals surface area contributed by atoms with E-state index in [1.54, 1.807) is 36.4 Å². The van der Waals surface area contributed by atoms with Gasteiger partial charge in [0.25, 0.3) is 5.91 Å². The van der Waals surface area contributed by atoms with Crippen LogP contribution in [-0.4, -0.2) is 30.0 Å². The molecule has 1 aliphatic heterocycles. The number of hydrogen-bond donors (Lipinski definition) is 1. The number of aliphatic hydroxyl groups is 1. The van der Waals surface area contributed by atoms with Crippen molar-refractivity contribution in [1.29, 1.82) is 0 Å². The van der Waals surface area contributed by atoms with Crippen molar-refractivity contribution in [3.05, 3.63) is 64.4 Å². The number of aliphatic hydroxyl groups excluding tert-OH is 1. The van der Waals surface area contributed by atoms with E-state index in [0.29, 0.717) is 16.3 Å². The van der Waals surface area contributed by atoms with Gasteiger partial charge in [-0.3, -0.25) is 4.79 Å². The Morgan fingerprint density at radius 2 is 1.95 bits per heavy atom. The van der Waals surface area contributed by atoms with Crippen LogP contribution in [-0.2, 0) is 4.79 Å². The summed E-state index contributed by atoms with van der Waals surface area (Å²) in [6.07, 6.45) is -1.59. The molecule has 1 N–H and O–H groups in total. The summed E-state index contributed by atoms with van der Waals surface area (Å²) in [5.74, 6) is -1.08. The van der Waals surface area contributed by atoms with Gasteiger partial charge in [-0.25, -0.2) is 9.38 Å². The molecule has 0 saturated heterocycles. The molecule has 112 valence electrons. The minimum atomic E-state index is -1.59. The quantitative estimate of drug-likeness (QED) is 0.878. The minimum absolute atomic E-state index is 0.195. The van der Waals surface area contributed by atoms with Gasteiger partial charge in [-0.15, -0.1) is 0 Å². The number of benzodiazepines with no additional fused rings is 1. The van der Waals surface area contributed by atoms with Gasteiger partial charge in [0.15, 0.2) is 0 Å². The Hall–Kier alpha value is -2.24. The first-order chi connectivity index (χ1) is 10.5. The van der Waals surface area contributed by atoms with E-state index in [9.17, 15) is 14.3 Å². The van der Waals surface area contributed by atoms with E-state index in [4.69, 9.17) is 11.6 Å². The Bertz CT molecular complexity index is 791. The molecule has 0 aliphatic carbocycles. The van der Waals surface area contributed by atoms with Gasteiger partial charge in [-0.1, -0.05) is 23.7 Å². The highest BCUT2D eigenvalue weighted by atomic mass is 35.5. The number of rotatable bonds is 1. The van der Waals surface area contributed by atoms with Gasteiger partial charge < -0.3 is 10.0 Å². The summed E-state index contributed by atoms with van der Waals surface area (Å²) in [6, 6.07) is 10.9. The molecule has 0 fully saturated rings. The number of hydrogen-bond acceptors (Lipinski definition) is 3. The summed E-state index contributed by atoms with van der Waals surface area (Å²) in [5.41, 5.74) is 1.40. The van der Waals surface area contributed by atoms with Crippen molar-refractivity contribution >= 4 is 28.9 Å². The molecule has 0 saturated carbocycles. The molecule has 2 aromatic rings. The normalized spacial score (nSPS) is 17.8. The number of fused-ring (bicyclic) bond motifs is 1. The number of aliphatic imine (C=N–C) groups is 1. The topological polar surface area (TPSA) is 52.9 Å². The van der Waals surface area contributed by atoms with Crippen molar-refractivity contribution in [2.75, 3.05) is 11.9 Å². The third-order valence-electron chi connectivity index (χ3n) is 3.51. The van der Waals surface area contributed by atoms with E-state index < -0.39 is 18.0 Å². The molecule has 4 nitrogen and oxygen atoms in total. The predicted molar refractivity (Wildman–Crippen MR) is 82.9 cm³/mol. The van der Waals surface area contributed by atoms with Crippen molar-refractivity contribution in [3.8, 4) is 0 Å². The van der Waals surface area contributed by atoms with Crippen molar-refractivity contribution in [2.45, 2.75) is 6.23 Å². The Balaban J connectivity index is 2.31. The lowest BCUT2D eigenvalue weighted by Gasteiger charge is -2.18. The number of likely N-dealkylation sites (N-methyl/N-ethyl adjacent to an activating group) is 1. The van der Waals surface area contributed by atoms with Crippen molar-refractivity contribution < 1.29 is 14.3 Å². The van der Waals surface area contributed by atoms with Crippen LogP contribution in [0.1, 0.15) is 11.1 Å². The molecule has 0 unspecified atom stereocenters. The van der Waals surface area contributed by atoms with E-state index in [1.807, 2.05) is 0 Å². The van der Waals surface area contributed by atoms with Gasteiger partial charge in [0.2, 0.25) is 6.23 Å². The second-order valence-corrected chi connectivity index (χ2v) is 5.33. The first-order valence-electron chi connectivity index (χ1n) is 6.57. The van der Waals surface area contributed by atoms with Crippen LogP contribution >= 0.6 is 11.6 Å². The van der Waals surface area contributed by atoms with E-state index in [2.05, 4.69) is 4.99 Å². The van der Waals surface area contributed by atoms with Crippen LogP contribution in [0.5, 0.6) is 0 Å². The molecule has 1 aliphatic rings. The maximum absolute atomic E-state index is 14.1. The first kappa shape index (κ1) is 14.7. The van der Waals surface area contributed by atoms with Gasteiger partial charge >= 0.3 is 0 Å². The van der Waals surface area contributed by atoms with Gasteiger partial charge in [-0.05, 0) is 30.3 Å². The molecule has 1 amide bonds. The smallest absolute Gasteiger partial charge is 0.278 e. The van der Waals surface area contributed by atoms with Gasteiger partial charge in [0.05, 0.1) is 11.4 Å². The van der Waals surface area contributed by atoms with E-state index in [1.165, 1.54) is 18.0 Å². The zero-order valence-corrected chi connectivity index (χ0v) is 12.4. The maximum Gasteiger partial charge on any atom is 0.278 e. The summed E-state index contributed by atoms with van der Waals surface area (Å²) in [5, 5.41) is 10.4. The number of amides is 1. The fraction of sp³-hybridized carbons (Fsp3) is 0.125. The molecule has 1 heterocycles. The fourth-order valence-corrected chi connectivity index (χ4v) is 2.57. The summed E-state index contributed by atoms with van der Waals surface area (Å²) in [6.45, 7) is 0. The van der Waals surface area contributed by atoms with Gasteiger partial charge in [-0.2, -0.15) is 0 Å². The number of benzene rings is 2. The Kier molecular flexibility index (Phi) is 3.68. The van der Waals surface area contributed by atoms with E-state index in [-0.39, 0.29) is 11.3 Å². The maximum atomic E-state index is 14.1. The highest BCUT2D eigenvalue weighted by Crippen LogP contribution is 2.30. The summed E-state index contributed by atoms with van der Waals surface area (Å²) < 4.78 is 14.1. The molecule has 0 bridgehead atoms. The van der Waals surface area contributed by atoms with Crippen molar-refractivity contribution in [2.24, 2.45) is 4.99 Å². The third kappa shape index (κ3) is 2.38. The molecular weight excluding hydrogens is 307 g/mol. The highest BCUT2D eigenvalue weighted by Gasteiger charge is 2.29. The van der Waals surface area contributed by atoms with Crippen LogP contribution in [0.4, 0.5) is 10.1 Å². The zero-order chi connectivity index (χ0) is 15.9. The van der Waals surface area contributed by atoms with Crippen LogP contribution in [0.2, 0.25) is 5.02 Å². The second-order valence-electron chi connectivity index (χ2n) is 4.89. The van der Waals surface area contributed by atoms with Crippen LogP contribution in [0.25, 0.3) is 0 Å². The van der Waals surface area contributed by atoms with E-state index in [0.717, 1.165) is 0 Å². The molecule has 0 spiro atoms. The number of carbonyl (C=O) groups is 1. The predicted octanol–water partition coefficient (Wildman–Crippen LogP) is 2.61. The van der Waals surface area contributed by atoms with Crippen LogP contribution in [0.15, 0.2) is 47.5 Å². The zero-order valence-electron chi connectivity index (χ0n) is 11.6. The lowest BCUT2D eigenvalue weighted by molar-refractivity contribution is -0.125. The highest BCUT2D eigenvalue weighted by molar-refractivity contribution is 6.32. The van der Waals surface area contributed by atoms with Crippen molar-refractivity contribution in [3.63, 3.8) is 0 Å². The Morgan fingerprint density at radius 1 is 1.23 bits per heavy atom. The molecule has 22 heavy (non-hydrogen) atoms. The van der Waals surface area contributed by atoms with E-state index >= 15 is 0 Å². The fourth-order valence-electron chi connectivity index (χ4n) is 2.40. The molecule has 2 aromatic carbocycles. The number of carbonyl (C=O) groups excluding carboxylic acids is 1. The summed E-state index contributed by atoms with van der Waals surface area (Å²) >= 11 is 6.03.